The van der Waals surface area contributed by atoms with E-state index in [0.29, 0.717) is 23.3 Å². The molecule has 6 rings (SSSR count). The topological polar surface area (TPSA) is 75.4 Å². The van der Waals surface area contributed by atoms with Gasteiger partial charge in [-0.15, -0.1) is 0 Å². The van der Waals surface area contributed by atoms with Crippen LogP contribution >= 0.6 is 0 Å². The van der Waals surface area contributed by atoms with Crippen LogP contribution in [-0.2, 0) is 4.79 Å². The third-order valence-electron chi connectivity index (χ3n) is 8.87. The molecule has 4 aliphatic carbocycles. The molecule has 5 nitrogen and oxygen atoms in total. The summed E-state index contributed by atoms with van der Waals surface area (Å²) < 4.78 is 0. The minimum absolute atomic E-state index is 0.00888. The number of carbonyl (C=O) groups is 2. The van der Waals surface area contributed by atoms with Gasteiger partial charge >= 0.3 is 0 Å². The average molecular weight is 410 g/mol. The monoisotopic (exact) mass is 409 g/mol. The van der Waals surface area contributed by atoms with Gasteiger partial charge in [-0.1, -0.05) is 25.1 Å². The third-order valence-corrected chi connectivity index (χ3v) is 8.87. The van der Waals surface area contributed by atoms with E-state index in [9.17, 15) is 9.59 Å². The number of hydrogen-bond acceptors (Lipinski definition) is 3. The van der Waals surface area contributed by atoms with Crippen LogP contribution < -0.4 is 11.1 Å². The van der Waals surface area contributed by atoms with Crippen molar-refractivity contribution in [1.82, 2.24) is 10.2 Å². The summed E-state index contributed by atoms with van der Waals surface area (Å²) in [5.41, 5.74) is 7.13. The fourth-order valence-corrected chi connectivity index (χ4v) is 7.59. The van der Waals surface area contributed by atoms with E-state index < -0.39 is 6.04 Å². The zero-order valence-corrected chi connectivity index (χ0v) is 18.3. The Morgan fingerprint density at radius 1 is 1.10 bits per heavy atom. The van der Waals surface area contributed by atoms with Crippen molar-refractivity contribution < 1.29 is 9.59 Å². The Morgan fingerprint density at radius 2 is 1.77 bits per heavy atom. The maximum absolute atomic E-state index is 13.5. The molecular formula is C25H35N3O2. The quantitative estimate of drug-likeness (QED) is 0.801. The van der Waals surface area contributed by atoms with Crippen LogP contribution in [0.4, 0.5) is 0 Å². The largest absolute Gasteiger partial charge is 0.347 e. The van der Waals surface area contributed by atoms with Gasteiger partial charge in [0.1, 0.15) is 0 Å². The van der Waals surface area contributed by atoms with E-state index in [2.05, 4.69) is 19.2 Å². The summed E-state index contributed by atoms with van der Waals surface area (Å²) in [6, 6.07) is 9.30. The molecular weight excluding hydrogens is 374 g/mol. The van der Waals surface area contributed by atoms with Crippen LogP contribution in [-0.4, -0.2) is 40.9 Å². The number of rotatable bonds is 4. The van der Waals surface area contributed by atoms with Crippen molar-refractivity contribution in [2.75, 3.05) is 6.54 Å². The van der Waals surface area contributed by atoms with E-state index in [1.807, 2.05) is 35.2 Å². The molecule has 5 atom stereocenters. The van der Waals surface area contributed by atoms with Gasteiger partial charge in [0.25, 0.3) is 5.91 Å². The molecule has 4 saturated carbocycles. The average Bonchev–Trinajstić information content (AvgIpc) is 3.04. The number of amides is 2. The first-order valence-corrected chi connectivity index (χ1v) is 11.7. The summed E-state index contributed by atoms with van der Waals surface area (Å²) in [5.74, 6) is 1.81. The zero-order valence-electron chi connectivity index (χ0n) is 18.3. The van der Waals surface area contributed by atoms with Crippen molar-refractivity contribution in [3.05, 3.63) is 35.9 Å². The Labute approximate surface area is 179 Å². The van der Waals surface area contributed by atoms with Gasteiger partial charge in [0.2, 0.25) is 5.91 Å². The first kappa shape index (κ1) is 20.0. The number of benzene rings is 1. The Morgan fingerprint density at radius 3 is 2.37 bits per heavy atom. The van der Waals surface area contributed by atoms with Gasteiger partial charge in [-0.05, 0) is 87.2 Å². The fraction of sp³-hybridized carbons (Fsp3) is 0.680. The van der Waals surface area contributed by atoms with E-state index in [1.54, 1.807) is 0 Å². The maximum Gasteiger partial charge on any atom is 0.251 e. The number of nitrogens with two attached hydrogens (primary N) is 1. The molecule has 3 N–H and O–H groups in total. The number of nitrogens with one attached hydrogen (secondary N) is 1. The second kappa shape index (κ2) is 7.08. The molecule has 5 fully saturated rings. The molecule has 0 spiro atoms. The summed E-state index contributed by atoms with van der Waals surface area (Å²) in [6.45, 7) is 5.21. The van der Waals surface area contributed by atoms with Crippen molar-refractivity contribution in [3.63, 3.8) is 0 Å². The molecule has 5 heteroatoms. The Hall–Kier alpha value is -1.88. The number of nitrogens with zero attached hydrogens (tertiary/aromatic N) is 1. The first-order valence-electron chi connectivity index (χ1n) is 11.7. The maximum atomic E-state index is 13.5. The molecule has 1 aliphatic heterocycles. The third kappa shape index (κ3) is 3.17. The van der Waals surface area contributed by atoms with Crippen LogP contribution in [0.1, 0.15) is 69.2 Å². The Balaban J connectivity index is 1.39. The van der Waals surface area contributed by atoms with Crippen LogP contribution in [0, 0.1) is 23.2 Å². The van der Waals surface area contributed by atoms with Crippen LogP contribution in [0.3, 0.4) is 0 Å². The summed E-state index contributed by atoms with van der Waals surface area (Å²) in [6.07, 6.45) is 7.27. The highest BCUT2D eigenvalue weighted by Crippen LogP contribution is 2.62. The van der Waals surface area contributed by atoms with Crippen molar-refractivity contribution in [2.24, 2.45) is 28.9 Å². The van der Waals surface area contributed by atoms with Gasteiger partial charge in [0.05, 0.1) is 6.04 Å². The summed E-state index contributed by atoms with van der Waals surface area (Å²) >= 11 is 0. The number of likely N-dealkylation sites (tertiary alicyclic amines) is 1. The molecule has 4 unspecified atom stereocenters. The molecule has 2 amide bonds. The van der Waals surface area contributed by atoms with Gasteiger partial charge in [0, 0.05) is 23.7 Å². The van der Waals surface area contributed by atoms with E-state index in [0.717, 1.165) is 45.1 Å². The van der Waals surface area contributed by atoms with Gasteiger partial charge in [-0.25, -0.2) is 0 Å². The molecule has 1 aromatic rings. The highest BCUT2D eigenvalue weighted by atomic mass is 16.2. The molecule has 1 heterocycles. The van der Waals surface area contributed by atoms with Crippen LogP contribution in [0.25, 0.3) is 0 Å². The SMILES string of the molecule is CC1CCN(C(=O)[C@@H](N)C23CC4CC(CC(NC(=O)c5ccccc5)(C4)C2)C3)C1C. The molecule has 4 bridgehead atoms. The molecule has 1 aromatic carbocycles. The van der Waals surface area contributed by atoms with E-state index >= 15 is 0 Å². The Bertz CT molecular complexity index is 824. The lowest BCUT2D eigenvalue weighted by Gasteiger charge is -2.63. The van der Waals surface area contributed by atoms with Crippen LogP contribution in [0.5, 0.6) is 0 Å². The second-order valence-corrected chi connectivity index (χ2v) is 10.9. The van der Waals surface area contributed by atoms with Crippen molar-refractivity contribution in [1.29, 1.82) is 0 Å². The minimum Gasteiger partial charge on any atom is -0.347 e. The normalized spacial score (nSPS) is 40.4. The lowest BCUT2D eigenvalue weighted by molar-refractivity contribution is -0.146. The van der Waals surface area contributed by atoms with Crippen LogP contribution in [0.2, 0.25) is 0 Å². The minimum atomic E-state index is -0.454. The van der Waals surface area contributed by atoms with Crippen LogP contribution in [0.15, 0.2) is 30.3 Å². The highest BCUT2D eigenvalue weighted by Gasteiger charge is 2.61. The molecule has 162 valence electrons. The van der Waals surface area contributed by atoms with Gasteiger partial charge < -0.3 is 16.0 Å². The molecule has 0 aromatic heterocycles. The highest BCUT2D eigenvalue weighted by molar-refractivity contribution is 5.94. The van der Waals surface area contributed by atoms with E-state index in [-0.39, 0.29) is 28.8 Å². The molecule has 30 heavy (non-hydrogen) atoms. The summed E-state index contributed by atoms with van der Waals surface area (Å²) in [7, 11) is 0. The summed E-state index contributed by atoms with van der Waals surface area (Å²) in [4.78, 5) is 28.5. The predicted octanol–water partition coefficient (Wildman–Crippen LogP) is 3.34. The lowest BCUT2D eigenvalue weighted by Crippen LogP contribution is -2.68. The number of hydrogen-bond donors (Lipinski definition) is 2. The lowest BCUT2D eigenvalue weighted by atomic mass is 9.45. The smallest absolute Gasteiger partial charge is 0.251 e. The number of carbonyl (C=O) groups excluding carboxylic acids is 2. The zero-order chi connectivity index (χ0) is 21.1. The molecule has 1 saturated heterocycles. The predicted molar refractivity (Wildman–Crippen MR) is 117 cm³/mol. The van der Waals surface area contributed by atoms with Gasteiger partial charge in [-0.3, -0.25) is 9.59 Å². The standard InChI is InChI=1S/C25H35N3O2/c1-16-8-9-28(17(16)2)23(30)21(26)24-11-18-10-19(12-24)14-25(13-18,15-24)27-22(29)20-6-4-3-5-7-20/h3-7,16-19,21H,8-15,26H2,1-2H3,(H,27,29)/t16?,17?,18?,19?,21-,24?,25?/m1/s1. The van der Waals surface area contributed by atoms with E-state index in [4.69, 9.17) is 5.73 Å². The van der Waals surface area contributed by atoms with Crippen molar-refractivity contribution in [2.45, 2.75) is 76.4 Å². The molecule has 0 radical (unpaired) electrons. The van der Waals surface area contributed by atoms with Gasteiger partial charge in [-0.2, -0.15) is 0 Å². The molecule has 5 aliphatic rings. The fourth-order valence-electron chi connectivity index (χ4n) is 7.59. The second-order valence-electron chi connectivity index (χ2n) is 10.9. The van der Waals surface area contributed by atoms with Crippen molar-refractivity contribution in [3.8, 4) is 0 Å². The Kier molecular flexibility index (Phi) is 4.73. The van der Waals surface area contributed by atoms with Gasteiger partial charge in [0.15, 0.2) is 0 Å². The summed E-state index contributed by atoms with van der Waals surface area (Å²) in [5, 5.41) is 3.43. The van der Waals surface area contributed by atoms with E-state index in [1.165, 1.54) is 6.42 Å². The van der Waals surface area contributed by atoms with Crippen molar-refractivity contribution >= 4 is 11.8 Å². The first-order chi connectivity index (χ1) is 14.3.